The van der Waals surface area contributed by atoms with Gasteiger partial charge in [0.15, 0.2) is 6.10 Å². The van der Waals surface area contributed by atoms with Crippen LogP contribution in [0.15, 0.2) is 48.5 Å². The van der Waals surface area contributed by atoms with E-state index in [4.69, 9.17) is 19.2 Å². The Morgan fingerprint density at radius 1 is 1.07 bits per heavy atom. The molecule has 8 heteroatoms. The number of carbonyl (C=O) groups is 1. The fraction of sp³-hybridized carbons (Fsp3) is 0.500. The van der Waals surface area contributed by atoms with E-state index in [1.165, 1.54) is 12.1 Å². The summed E-state index contributed by atoms with van der Waals surface area (Å²) in [5, 5.41) is 10.5. The van der Waals surface area contributed by atoms with Crippen molar-refractivity contribution in [2.45, 2.75) is 86.0 Å². The minimum Gasteiger partial charge on any atom is -0.493 e. The quantitative estimate of drug-likeness (QED) is 0.224. The predicted octanol–water partition coefficient (Wildman–Crippen LogP) is 7.92. The summed E-state index contributed by atoms with van der Waals surface area (Å²) in [5.41, 5.74) is 5.10. The van der Waals surface area contributed by atoms with Gasteiger partial charge in [-0.25, -0.2) is 9.18 Å². The third kappa shape index (κ3) is 8.57. The van der Waals surface area contributed by atoms with E-state index in [2.05, 4.69) is 18.7 Å². The number of aryl methyl sites for hydroxylation is 1. The maximum Gasteiger partial charge on any atom is 0.337 e. The number of halogens is 1. The number of aliphatic carboxylic acids is 1. The Kier molecular flexibility index (Phi) is 10.7. The first kappa shape index (κ1) is 33.4. The second-order valence-corrected chi connectivity index (χ2v) is 13.3. The van der Waals surface area contributed by atoms with E-state index in [0.717, 1.165) is 54.0 Å². The molecule has 1 aromatic heterocycles. The Balaban J connectivity index is 1.79. The number of pyridine rings is 1. The number of ether oxygens (including phenoxy) is 3. The zero-order valence-corrected chi connectivity index (χ0v) is 27.2. The first-order valence-corrected chi connectivity index (χ1v) is 15.5. The second-order valence-electron chi connectivity index (χ2n) is 13.3. The first-order chi connectivity index (χ1) is 20.8. The normalized spacial score (nSPS) is 15.7. The van der Waals surface area contributed by atoms with Crippen molar-refractivity contribution in [3.05, 3.63) is 76.9 Å². The van der Waals surface area contributed by atoms with E-state index in [0.29, 0.717) is 43.2 Å². The Bertz CT molecular complexity index is 1400. The predicted molar refractivity (Wildman–Crippen MR) is 172 cm³/mol. The second kappa shape index (κ2) is 14.1. The van der Waals surface area contributed by atoms with Crippen molar-refractivity contribution >= 4 is 11.7 Å². The summed E-state index contributed by atoms with van der Waals surface area (Å²) in [4.78, 5) is 20.1. The van der Waals surface area contributed by atoms with Crippen molar-refractivity contribution in [3.8, 4) is 16.9 Å². The van der Waals surface area contributed by atoms with Crippen molar-refractivity contribution in [1.29, 1.82) is 0 Å². The maximum absolute atomic E-state index is 13.3. The van der Waals surface area contributed by atoms with E-state index in [9.17, 15) is 14.3 Å². The summed E-state index contributed by atoms with van der Waals surface area (Å²) in [6.07, 6.45) is 1.42. The van der Waals surface area contributed by atoms with Gasteiger partial charge in [-0.3, -0.25) is 4.98 Å². The average Bonchev–Trinajstić information content (AvgIpc) is 2.96. The molecule has 0 spiro atoms. The average molecular weight is 607 g/mol. The van der Waals surface area contributed by atoms with Gasteiger partial charge in [0.05, 0.1) is 30.2 Å². The minimum absolute atomic E-state index is 0.202. The SMILES string of the molecule is CCOCc1nc(C)c([C@H](OC(C)(C)C)C(=O)O)c(N2CCC(C)(C)CC2)c1-c1ccc(OCCc2ccc(F)cc2)cc1. The lowest BCUT2D eigenvalue weighted by atomic mass is 9.81. The number of aromatic nitrogens is 1. The third-order valence-electron chi connectivity index (χ3n) is 8.02. The van der Waals surface area contributed by atoms with Crippen molar-refractivity contribution < 1.29 is 28.5 Å². The van der Waals surface area contributed by atoms with Crippen molar-refractivity contribution in [3.63, 3.8) is 0 Å². The number of hydrogen-bond acceptors (Lipinski definition) is 6. The van der Waals surface area contributed by atoms with E-state index in [1.54, 1.807) is 12.1 Å². The number of nitrogens with zero attached hydrogens (tertiary/aromatic N) is 2. The molecular weight excluding hydrogens is 559 g/mol. The van der Waals surface area contributed by atoms with Crippen LogP contribution in [0, 0.1) is 18.2 Å². The summed E-state index contributed by atoms with van der Waals surface area (Å²) < 4.78 is 31.4. The molecular formula is C36H47FN2O5. The lowest BCUT2D eigenvalue weighted by Gasteiger charge is -2.41. The standard InChI is InChI=1S/C36H47FN2O5/c1-8-42-23-29-31(26-11-15-28(16-12-26)43-22-17-25-9-13-27(37)14-10-25)32(39-20-18-36(6,7)19-21-39)30(24(2)38-29)33(34(40)41)44-35(3,4)5/h9-16,33H,8,17-23H2,1-7H3,(H,40,41)/t33-/m0/s1. The van der Waals surface area contributed by atoms with Gasteiger partial charge in [0, 0.05) is 42.9 Å². The highest BCUT2D eigenvalue weighted by Crippen LogP contribution is 2.45. The summed E-state index contributed by atoms with van der Waals surface area (Å²) in [5.74, 6) is -0.588. The van der Waals surface area contributed by atoms with Crippen LogP contribution in [0.4, 0.5) is 10.1 Å². The molecule has 0 amide bonds. The molecule has 3 aromatic rings. The Hall–Kier alpha value is -3.49. The van der Waals surface area contributed by atoms with Gasteiger partial charge in [-0.15, -0.1) is 0 Å². The molecule has 2 heterocycles. The van der Waals surface area contributed by atoms with Crippen LogP contribution in [0.5, 0.6) is 5.75 Å². The fourth-order valence-electron chi connectivity index (χ4n) is 5.59. The lowest BCUT2D eigenvalue weighted by molar-refractivity contribution is -0.160. The topological polar surface area (TPSA) is 81.1 Å². The summed E-state index contributed by atoms with van der Waals surface area (Å²) in [6, 6.07) is 14.3. The molecule has 1 atom stereocenters. The van der Waals surface area contributed by atoms with Crippen LogP contribution in [0.1, 0.15) is 83.0 Å². The number of benzene rings is 2. The smallest absolute Gasteiger partial charge is 0.337 e. The fourth-order valence-corrected chi connectivity index (χ4v) is 5.59. The maximum atomic E-state index is 13.3. The summed E-state index contributed by atoms with van der Waals surface area (Å²) in [7, 11) is 0. The lowest BCUT2D eigenvalue weighted by Crippen LogP contribution is -2.39. The number of rotatable bonds is 12. The summed E-state index contributed by atoms with van der Waals surface area (Å²) >= 11 is 0. The van der Waals surface area contributed by atoms with E-state index >= 15 is 0 Å². The van der Waals surface area contributed by atoms with E-state index in [-0.39, 0.29) is 11.2 Å². The molecule has 4 rings (SSSR count). The van der Waals surface area contributed by atoms with Gasteiger partial charge in [0.1, 0.15) is 11.6 Å². The molecule has 0 unspecified atom stereocenters. The third-order valence-corrected chi connectivity index (χ3v) is 8.02. The van der Waals surface area contributed by atoms with Crippen LogP contribution in [0.25, 0.3) is 11.1 Å². The van der Waals surface area contributed by atoms with Gasteiger partial charge in [0.25, 0.3) is 0 Å². The van der Waals surface area contributed by atoms with E-state index in [1.807, 2.05) is 58.9 Å². The van der Waals surface area contributed by atoms with E-state index < -0.39 is 17.7 Å². The molecule has 238 valence electrons. The summed E-state index contributed by atoms with van der Waals surface area (Å²) in [6.45, 7) is 16.8. The molecule has 1 fully saturated rings. The van der Waals surface area contributed by atoms with Gasteiger partial charge in [0.2, 0.25) is 0 Å². The van der Waals surface area contributed by atoms with Gasteiger partial charge in [-0.1, -0.05) is 38.1 Å². The van der Waals surface area contributed by atoms with Gasteiger partial charge in [-0.05, 0) is 88.3 Å². The zero-order valence-electron chi connectivity index (χ0n) is 27.2. The molecule has 0 aliphatic carbocycles. The molecule has 0 radical (unpaired) electrons. The van der Waals surface area contributed by atoms with Crippen molar-refractivity contribution in [1.82, 2.24) is 4.98 Å². The zero-order chi connectivity index (χ0) is 32.1. The van der Waals surface area contributed by atoms with Crippen LogP contribution >= 0.6 is 0 Å². The molecule has 1 N–H and O–H groups in total. The number of carboxylic acid groups (broad SMARTS) is 1. The van der Waals surface area contributed by atoms with Gasteiger partial charge < -0.3 is 24.2 Å². The number of piperidine rings is 1. The monoisotopic (exact) mass is 606 g/mol. The largest absolute Gasteiger partial charge is 0.493 e. The van der Waals surface area contributed by atoms with Crippen LogP contribution < -0.4 is 9.64 Å². The highest BCUT2D eigenvalue weighted by molar-refractivity contribution is 5.88. The van der Waals surface area contributed by atoms with Gasteiger partial charge in [-0.2, -0.15) is 0 Å². The molecule has 0 saturated carbocycles. The number of carboxylic acids is 1. The van der Waals surface area contributed by atoms with Gasteiger partial charge >= 0.3 is 5.97 Å². The van der Waals surface area contributed by atoms with Crippen molar-refractivity contribution in [2.75, 3.05) is 31.2 Å². The molecule has 1 saturated heterocycles. The molecule has 0 bridgehead atoms. The van der Waals surface area contributed by atoms with Crippen LogP contribution in [-0.4, -0.2) is 48.0 Å². The number of hydrogen-bond donors (Lipinski definition) is 1. The van der Waals surface area contributed by atoms with Crippen LogP contribution in [0.3, 0.4) is 0 Å². The first-order valence-electron chi connectivity index (χ1n) is 15.5. The Labute approximate surface area is 261 Å². The highest BCUT2D eigenvalue weighted by atomic mass is 19.1. The molecule has 1 aliphatic rings. The minimum atomic E-state index is -1.19. The van der Waals surface area contributed by atoms with Crippen LogP contribution in [0.2, 0.25) is 0 Å². The Morgan fingerprint density at radius 3 is 2.27 bits per heavy atom. The molecule has 1 aliphatic heterocycles. The highest BCUT2D eigenvalue weighted by Gasteiger charge is 2.37. The number of anilines is 1. The van der Waals surface area contributed by atoms with Crippen molar-refractivity contribution in [2.24, 2.45) is 5.41 Å². The molecule has 2 aromatic carbocycles. The van der Waals surface area contributed by atoms with Crippen LogP contribution in [-0.2, 0) is 27.3 Å². The Morgan fingerprint density at radius 2 is 1.70 bits per heavy atom. The molecule has 7 nitrogen and oxygen atoms in total. The molecule has 44 heavy (non-hydrogen) atoms.